The Morgan fingerprint density at radius 1 is 0.591 bits per heavy atom. The molecule has 0 aliphatic carbocycles. The monoisotopic (exact) mass is 616 g/mol. The van der Waals surface area contributed by atoms with E-state index in [9.17, 15) is 4.79 Å². The lowest BCUT2D eigenvalue weighted by molar-refractivity contribution is -0.126. The standard InChI is InChI=1S/C32H52N6O6/c33-14-6-17-34-15-4-5-16-35-18-7-19-36-32(39)28-43-25-24-41-21-20-40-22-23-42-26-27-44-31-12-10-30(11-13-31)38-37-29-8-2-1-3-9-29/h1-3,8-13,34-35H,4-7,14-28,33H2,(H,36,39). The molecule has 0 bridgehead atoms. The van der Waals surface area contributed by atoms with Gasteiger partial charge in [0.1, 0.15) is 19.0 Å². The number of nitrogens with one attached hydrogen (secondary N) is 3. The second kappa shape index (κ2) is 27.6. The summed E-state index contributed by atoms with van der Waals surface area (Å²) in [5, 5.41) is 18.0. The maximum Gasteiger partial charge on any atom is 0.246 e. The number of benzene rings is 2. The van der Waals surface area contributed by atoms with Gasteiger partial charge in [-0.3, -0.25) is 4.79 Å². The number of nitrogens with two attached hydrogens (primary N) is 1. The minimum Gasteiger partial charge on any atom is -0.491 e. The normalized spacial score (nSPS) is 11.3. The zero-order valence-corrected chi connectivity index (χ0v) is 26.1. The molecule has 0 saturated carbocycles. The molecule has 0 aromatic heterocycles. The van der Waals surface area contributed by atoms with Crippen LogP contribution in [0.5, 0.6) is 5.75 Å². The number of azo groups is 1. The number of hydrogen-bond acceptors (Lipinski definition) is 11. The molecule has 0 aliphatic rings. The summed E-state index contributed by atoms with van der Waals surface area (Å²) in [7, 11) is 0. The highest BCUT2D eigenvalue weighted by molar-refractivity contribution is 5.77. The molecule has 12 nitrogen and oxygen atoms in total. The molecule has 0 atom stereocenters. The summed E-state index contributed by atoms with van der Waals surface area (Å²) in [6.45, 7) is 8.88. The van der Waals surface area contributed by atoms with Crippen LogP contribution in [0.15, 0.2) is 64.8 Å². The van der Waals surface area contributed by atoms with Crippen molar-refractivity contribution in [3.63, 3.8) is 0 Å². The average molecular weight is 617 g/mol. The molecule has 2 aromatic rings. The first kappa shape index (κ1) is 37.2. The molecule has 44 heavy (non-hydrogen) atoms. The van der Waals surface area contributed by atoms with Crippen molar-refractivity contribution in [2.24, 2.45) is 16.0 Å². The van der Waals surface area contributed by atoms with Crippen LogP contribution >= 0.6 is 0 Å². The molecule has 0 radical (unpaired) electrons. The van der Waals surface area contributed by atoms with Gasteiger partial charge in [-0.05, 0) is 94.8 Å². The van der Waals surface area contributed by atoms with E-state index in [0.29, 0.717) is 59.4 Å². The van der Waals surface area contributed by atoms with Crippen molar-refractivity contribution in [2.45, 2.75) is 25.7 Å². The third kappa shape index (κ3) is 21.7. The topological polar surface area (TPSA) is 150 Å². The molecule has 5 N–H and O–H groups in total. The Morgan fingerprint density at radius 3 is 1.73 bits per heavy atom. The van der Waals surface area contributed by atoms with Gasteiger partial charge in [0, 0.05) is 6.54 Å². The average Bonchev–Trinajstić information content (AvgIpc) is 3.05. The molecule has 12 heteroatoms. The quantitative estimate of drug-likeness (QED) is 0.0797. The lowest BCUT2D eigenvalue weighted by Gasteiger charge is -2.09. The van der Waals surface area contributed by atoms with Gasteiger partial charge >= 0.3 is 0 Å². The van der Waals surface area contributed by atoms with Crippen molar-refractivity contribution < 1.29 is 28.5 Å². The fourth-order valence-electron chi connectivity index (χ4n) is 3.73. The number of carbonyl (C=O) groups is 1. The molecule has 0 aliphatic heterocycles. The number of nitrogens with zero attached hydrogens (tertiary/aromatic N) is 2. The van der Waals surface area contributed by atoms with E-state index in [2.05, 4.69) is 26.2 Å². The minimum absolute atomic E-state index is 0.0393. The molecule has 0 saturated heterocycles. The Bertz CT molecular complexity index is 967. The Labute approximate surface area is 262 Å². The van der Waals surface area contributed by atoms with Gasteiger partial charge in [-0.25, -0.2) is 0 Å². The molecule has 246 valence electrons. The second-order valence-corrected chi connectivity index (χ2v) is 9.82. The molecular weight excluding hydrogens is 564 g/mol. The van der Waals surface area contributed by atoms with Crippen molar-refractivity contribution >= 4 is 17.3 Å². The molecule has 1 amide bonds. The third-order valence-electron chi connectivity index (χ3n) is 6.09. The van der Waals surface area contributed by atoms with Crippen molar-refractivity contribution in [3.8, 4) is 5.75 Å². The first-order valence-corrected chi connectivity index (χ1v) is 15.7. The molecule has 0 heterocycles. The van der Waals surface area contributed by atoms with Crippen LogP contribution in [0.2, 0.25) is 0 Å². The van der Waals surface area contributed by atoms with Gasteiger partial charge in [-0.15, -0.1) is 0 Å². The summed E-state index contributed by atoms with van der Waals surface area (Å²) in [5.41, 5.74) is 7.03. The van der Waals surface area contributed by atoms with E-state index in [1.807, 2.05) is 54.6 Å². The summed E-state index contributed by atoms with van der Waals surface area (Å²) in [6.07, 6.45) is 4.20. The number of ether oxygens (including phenoxy) is 5. The van der Waals surface area contributed by atoms with E-state index in [1.165, 1.54) is 0 Å². The molecule has 2 aromatic carbocycles. The van der Waals surface area contributed by atoms with Crippen molar-refractivity contribution in [2.75, 3.05) is 98.7 Å². The van der Waals surface area contributed by atoms with Crippen LogP contribution in [-0.4, -0.2) is 105 Å². The van der Waals surface area contributed by atoms with Crippen LogP contribution in [0.4, 0.5) is 11.4 Å². The first-order chi connectivity index (χ1) is 21.8. The number of amides is 1. The Kier molecular flexibility index (Phi) is 23.3. The van der Waals surface area contributed by atoms with Gasteiger partial charge in [0.05, 0.1) is 57.6 Å². The van der Waals surface area contributed by atoms with Gasteiger partial charge < -0.3 is 45.4 Å². The summed E-state index contributed by atoms with van der Waals surface area (Å²) in [4.78, 5) is 11.8. The van der Waals surface area contributed by atoms with Crippen molar-refractivity contribution in [3.05, 3.63) is 54.6 Å². The number of unbranched alkanes of at least 4 members (excludes halogenated alkanes) is 1. The second-order valence-electron chi connectivity index (χ2n) is 9.82. The first-order valence-electron chi connectivity index (χ1n) is 15.7. The zero-order valence-electron chi connectivity index (χ0n) is 26.1. The minimum atomic E-state index is -0.109. The Hall–Kier alpha value is -2.97. The van der Waals surface area contributed by atoms with Gasteiger partial charge in [0.2, 0.25) is 5.91 Å². The van der Waals surface area contributed by atoms with E-state index in [0.717, 1.165) is 75.5 Å². The molecule has 2 rings (SSSR count). The summed E-state index contributed by atoms with van der Waals surface area (Å²) < 4.78 is 27.5. The fourth-order valence-corrected chi connectivity index (χ4v) is 3.73. The van der Waals surface area contributed by atoms with E-state index in [-0.39, 0.29) is 12.5 Å². The van der Waals surface area contributed by atoms with E-state index < -0.39 is 0 Å². The van der Waals surface area contributed by atoms with Crippen LogP contribution in [0.1, 0.15) is 25.7 Å². The van der Waals surface area contributed by atoms with E-state index in [4.69, 9.17) is 29.4 Å². The van der Waals surface area contributed by atoms with Crippen LogP contribution < -0.4 is 26.4 Å². The number of hydrogen-bond donors (Lipinski definition) is 4. The predicted octanol–water partition coefficient (Wildman–Crippen LogP) is 3.36. The lowest BCUT2D eigenvalue weighted by atomic mass is 10.3. The summed E-state index contributed by atoms with van der Waals surface area (Å²) in [6, 6.07) is 17.0. The van der Waals surface area contributed by atoms with E-state index in [1.54, 1.807) is 0 Å². The smallest absolute Gasteiger partial charge is 0.246 e. The molecular formula is C32H52N6O6. The predicted molar refractivity (Wildman–Crippen MR) is 172 cm³/mol. The highest BCUT2D eigenvalue weighted by atomic mass is 16.6. The van der Waals surface area contributed by atoms with Crippen molar-refractivity contribution in [1.29, 1.82) is 0 Å². The maximum atomic E-state index is 11.8. The fraction of sp³-hybridized carbons (Fsp3) is 0.594. The zero-order chi connectivity index (χ0) is 31.2. The summed E-state index contributed by atoms with van der Waals surface area (Å²) >= 11 is 0. The van der Waals surface area contributed by atoms with Gasteiger partial charge in [-0.1, -0.05) is 18.2 Å². The van der Waals surface area contributed by atoms with Crippen molar-refractivity contribution in [1.82, 2.24) is 16.0 Å². The van der Waals surface area contributed by atoms with Crippen LogP contribution in [0.25, 0.3) is 0 Å². The maximum absolute atomic E-state index is 11.8. The van der Waals surface area contributed by atoms with Crippen LogP contribution in [-0.2, 0) is 23.7 Å². The van der Waals surface area contributed by atoms with Crippen LogP contribution in [0.3, 0.4) is 0 Å². The number of carbonyl (C=O) groups excluding carboxylic acids is 1. The molecule has 0 unspecified atom stereocenters. The van der Waals surface area contributed by atoms with Crippen LogP contribution in [0, 0.1) is 0 Å². The SMILES string of the molecule is NCCCNCCCCNCCCNC(=O)COCCOCCOCCOCCOc1ccc(N=Nc2ccccc2)cc1. The number of rotatable bonds is 29. The van der Waals surface area contributed by atoms with Gasteiger partial charge in [0.25, 0.3) is 0 Å². The Morgan fingerprint density at radius 2 is 1.11 bits per heavy atom. The molecule has 0 fully saturated rings. The van der Waals surface area contributed by atoms with Gasteiger partial charge in [-0.2, -0.15) is 10.2 Å². The lowest BCUT2D eigenvalue weighted by Crippen LogP contribution is -2.31. The largest absolute Gasteiger partial charge is 0.491 e. The third-order valence-corrected chi connectivity index (χ3v) is 6.09. The van der Waals surface area contributed by atoms with Gasteiger partial charge in [0.15, 0.2) is 0 Å². The highest BCUT2D eigenvalue weighted by Crippen LogP contribution is 2.21. The Balaban J connectivity index is 1.27. The highest BCUT2D eigenvalue weighted by Gasteiger charge is 2.01. The molecule has 0 spiro atoms. The summed E-state index contributed by atoms with van der Waals surface area (Å²) in [5.74, 6) is 0.639. The van der Waals surface area contributed by atoms with E-state index >= 15 is 0 Å².